The molecule has 1 aliphatic heterocycles. The Labute approximate surface area is 139 Å². The Kier molecular flexibility index (Phi) is 6.13. The first kappa shape index (κ1) is 17.9. The van der Waals surface area contributed by atoms with Crippen LogP contribution in [0, 0.1) is 11.8 Å². The van der Waals surface area contributed by atoms with Gasteiger partial charge < -0.3 is 25.2 Å². The quantitative estimate of drug-likeness (QED) is 0.841. The number of aliphatic hydroxyl groups is 1. The second-order valence-corrected chi connectivity index (χ2v) is 6.85. The number of nitrogens with two attached hydrogens (primary N) is 1. The minimum absolute atomic E-state index is 0.126. The van der Waals surface area contributed by atoms with Crippen molar-refractivity contribution < 1.29 is 14.6 Å². The zero-order valence-electron chi connectivity index (χ0n) is 14.7. The lowest BCUT2D eigenvalue weighted by atomic mass is 9.87. The number of anilines is 1. The van der Waals surface area contributed by atoms with E-state index in [9.17, 15) is 5.11 Å². The van der Waals surface area contributed by atoms with Crippen LogP contribution in [-0.2, 0) is 0 Å². The molecule has 3 unspecified atom stereocenters. The zero-order valence-corrected chi connectivity index (χ0v) is 14.7. The summed E-state index contributed by atoms with van der Waals surface area (Å²) in [6.45, 7) is 5.84. The van der Waals surface area contributed by atoms with E-state index in [-0.39, 0.29) is 18.1 Å². The maximum absolute atomic E-state index is 10.2. The van der Waals surface area contributed by atoms with Crippen molar-refractivity contribution in [1.82, 2.24) is 0 Å². The van der Waals surface area contributed by atoms with Crippen molar-refractivity contribution in [3.8, 4) is 11.5 Å². The molecule has 1 fully saturated rings. The van der Waals surface area contributed by atoms with Gasteiger partial charge in [0.1, 0.15) is 0 Å². The summed E-state index contributed by atoms with van der Waals surface area (Å²) in [5.74, 6) is 2.14. The van der Waals surface area contributed by atoms with E-state index < -0.39 is 0 Å². The average Bonchev–Trinajstić information content (AvgIpc) is 2.53. The van der Waals surface area contributed by atoms with Crippen molar-refractivity contribution in [3.63, 3.8) is 0 Å². The summed E-state index contributed by atoms with van der Waals surface area (Å²) in [5, 5.41) is 10.2. The molecule has 1 aromatic carbocycles. The number of rotatable bonds is 6. The highest BCUT2D eigenvalue weighted by Gasteiger charge is 2.28. The first-order valence-corrected chi connectivity index (χ1v) is 8.35. The molecule has 23 heavy (non-hydrogen) atoms. The van der Waals surface area contributed by atoms with Crippen LogP contribution < -0.4 is 20.1 Å². The fourth-order valence-corrected chi connectivity index (χ4v) is 3.26. The van der Waals surface area contributed by atoms with E-state index >= 15 is 0 Å². The molecule has 2 rings (SSSR count). The number of hydrogen-bond acceptors (Lipinski definition) is 5. The lowest BCUT2D eigenvalue weighted by molar-refractivity contribution is 0.0922. The van der Waals surface area contributed by atoms with Crippen LogP contribution in [0.25, 0.3) is 0 Å². The molecule has 5 nitrogen and oxygen atoms in total. The average molecular weight is 322 g/mol. The maximum Gasteiger partial charge on any atom is 0.162 e. The molecule has 0 aliphatic carbocycles. The minimum atomic E-state index is -0.266. The van der Waals surface area contributed by atoms with Crippen molar-refractivity contribution in [2.75, 3.05) is 32.2 Å². The van der Waals surface area contributed by atoms with E-state index in [0.29, 0.717) is 5.92 Å². The molecule has 130 valence electrons. The molecule has 1 saturated heterocycles. The minimum Gasteiger partial charge on any atom is -0.493 e. The predicted molar refractivity (Wildman–Crippen MR) is 93.3 cm³/mol. The van der Waals surface area contributed by atoms with Crippen LogP contribution in [0.2, 0.25) is 0 Å². The second kappa shape index (κ2) is 7.88. The van der Waals surface area contributed by atoms with Crippen LogP contribution in [-0.4, -0.2) is 44.6 Å². The molecule has 3 N–H and O–H groups in total. The molecule has 0 saturated carbocycles. The lowest BCUT2D eigenvalue weighted by Gasteiger charge is -2.39. The number of methoxy groups -OCH3 is 2. The van der Waals surface area contributed by atoms with Crippen LogP contribution in [0.1, 0.15) is 26.7 Å². The van der Waals surface area contributed by atoms with Gasteiger partial charge >= 0.3 is 0 Å². The number of hydrogen-bond donors (Lipinski definition) is 2. The number of benzene rings is 1. The highest BCUT2D eigenvalue weighted by Crippen LogP contribution is 2.34. The summed E-state index contributed by atoms with van der Waals surface area (Å²) in [6.07, 6.45) is 1.50. The van der Waals surface area contributed by atoms with Crippen molar-refractivity contribution in [2.24, 2.45) is 17.6 Å². The molecule has 1 aliphatic rings. The van der Waals surface area contributed by atoms with Crippen LogP contribution in [0.4, 0.5) is 5.69 Å². The fourth-order valence-electron chi connectivity index (χ4n) is 3.26. The van der Waals surface area contributed by atoms with E-state index in [4.69, 9.17) is 15.2 Å². The maximum atomic E-state index is 10.2. The van der Waals surface area contributed by atoms with Crippen LogP contribution in [0.3, 0.4) is 0 Å². The Morgan fingerprint density at radius 1 is 1.22 bits per heavy atom. The predicted octanol–water partition coefficient (Wildman–Crippen LogP) is 2.26. The monoisotopic (exact) mass is 322 g/mol. The van der Waals surface area contributed by atoms with Crippen molar-refractivity contribution in [1.29, 1.82) is 0 Å². The van der Waals surface area contributed by atoms with Gasteiger partial charge in [0, 0.05) is 30.9 Å². The molecule has 0 spiro atoms. The van der Waals surface area contributed by atoms with Crippen LogP contribution in [0.5, 0.6) is 11.5 Å². The van der Waals surface area contributed by atoms with Gasteiger partial charge in [0.15, 0.2) is 11.5 Å². The van der Waals surface area contributed by atoms with Gasteiger partial charge in [-0.2, -0.15) is 0 Å². The topological polar surface area (TPSA) is 68.0 Å². The largest absolute Gasteiger partial charge is 0.493 e. The van der Waals surface area contributed by atoms with Gasteiger partial charge in [0.2, 0.25) is 0 Å². The lowest BCUT2D eigenvalue weighted by Crippen LogP contribution is -2.48. The molecule has 5 heteroatoms. The standard InChI is InChI=1S/C18H30N2O3/c1-12(2)16(21)8-13-7-14(19)11-20(10-13)15-5-6-17(22-3)18(9-15)23-4/h5-6,9,12-14,16,21H,7-8,10-11,19H2,1-4H3. The zero-order chi connectivity index (χ0) is 17.0. The second-order valence-electron chi connectivity index (χ2n) is 6.85. The molecule has 0 aromatic heterocycles. The molecule has 0 amide bonds. The van der Waals surface area contributed by atoms with E-state index in [1.54, 1.807) is 14.2 Å². The number of aliphatic hydroxyl groups excluding tert-OH is 1. The third kappa shape index (κ3) is 4.52. The number of piperidine rings is 1. The summed E-state index contributed by atoms with van der Waals surface area (Å²) >= 11 is 0. The smallest absolute Gasteiger partial charge is 0.162 e. The first-order valence-electron chi connectivity index (χ1n) is 8.35. The Bertz CT molecular complexity index is 507. The van der Waals surface area contributed by atoms with Crippen molar-refractivity contribution in [3.05, 3.63) is 18.2 Å². The normalized spacial score (nSPS) is 23.0. The van der Waals surface area contributed by atoms with Gasteiger partial charge in [-0.15, -0.1) is 0 Å². The van der Waals surface area contributed by atoms with Gasteiger partial charge in [-0.25, -0.2) is 0 Å². The first-order chi connectivity index (χ1) is 10.9. The van der Waals surface area contributed by atoms with E-state index in [1.807, 2.05) is 18.2 Å². The number of ether oxygens (including phenoxy) is 2. The van der Waals surface area contributed by atoms with Crippen LogP contribution in [0.15, 0.2) is 18.2 Å². The molecule has 0 radical (unpaired) electrons. The molecule has 1 heterocycles. The molecular weight excluding hydrogens is 292 g/mol. The highest BCUT2D eigenvalue weighted by molar-refractivity contribution is 5.56. The molecular formula is C18H30N2O3. The summed E-state index contributed by atoms with van der Waals surface area (Å²) in [6, 6.07) is 6.08. The summed E-state index contributed by atoms with van der Waals surface area (Å²) in [4.78, 5) is 2.29. The SMILES string of the molecule is COc1ccc(N2CC(N)CC(CC(O)C(C)C)C2)cc1OC. The Hall–Kier alpha value is -1.46. The van der Waals surface area contributed by atoms with Gasteiger partial charge in [-0.1, -0.05) is 13.8 Å². The van der Waals surface area contributed by atoms with E-state index in [2.05, 4.69) is 18.7 Å². The Morgan fingerprint density at radius 3 is 2.52 bits per heavy atom. The van der Waals surface area contributed by atoms with Crippen molar-refractivity contribution in [2.45, 2.75) is 38.8 Å². The Balaban J connectivity index is 2.12. The molecule has 0 bridgehead atoms. The summed E-state index contributed by atoms with van der Waals surface area (Å²) in [7, 11) is 3.28. The highest BCUT2D eigenvalue weighted by atomic mass is 16.5. The Morgan fingerprint density at radius 2 is 1.91 bits per heavy atom. The van der Waals surface area contributed by atoms with Gasteiger partial charge in [0.05, 0.1) is 20.3 Å². The van der Waals surface area contributed by atoms with Gasteiger partial charge in [-0.3, -0.25) is 0 Å². The third-order valence-electron chi connectivity index (χ3n) is 4.65. The fraction of sp³-hybridized carbons (Fsp3) is 0.667. The molecule has 3 atom stereocenters. The molecule has 1 aromatic rings. The summed E-state index contributed by atoms with van der Waals surface area (Å²) in [5.41, 5.74) is 7.34. The van der Waals surface area contributed by atoms with E-state index in [1.165, 1.54) is 0 Å². The van der Waals surface area contributed by atoms with Gasteiger partial charge in [-0.05, 0) is 36.8 Å². The van der Waals surface area contributed by atoms with Gasteiger partial charge in [0.25, 0.3) is 0 Å². The van der Waals surface area contributed by atoms with Crippen LogP contribution >= 0.6 is 0 Å². The van der Waals surface area contributed by atoms with Crippen molar-refractivity contribution >= 4 is 5.69 Å². The number of nitrogens with zero attached hydrogens (tertiary/aromatic N) is 1. The third-order valence-corrected chi connectivity index (χ3v) is 4.65. The van der Waals surface area contributed by atoms with E-state index in [0.717, 1.165) is 43.1 Å². The summed E-state index contributed by atoms with van der Waals surface area (Å²) < 4.78 is 10.7.